The van der Waals surface area contributed by atoms with E-state index in [0.717, 1.165) is 60.7 Å². The Hall–Kier alpha value is -1.96. The predicted molar refractivity (Wildman–Crippen MR) is 129 cm³/mol. The van der Waals surface area contributed by atoms with Crippen LogP contribution in [0.4, 0.5) is 18.9 Å². The lowest BCUT2D eigenvalue weighted by Crippen LogP contribution is -2.41. The molecule has 0 amide bonds. The van der Waals surface area contributed by atoms with Gasteiger partial charge in [0.1, 0.15) is 0 Å². The summed E-state index contributed by atoms with van der Waals surface area (Å²) in [4.78, 5) is 4.12. The van der Waals surface area contributed by atoms with Crippen LogP contribution in [-0.4, -0.2) is 37.1 Å². The molecule has 0 aromatic heterocycles. The second kappa shape index (κ2) is 9.35. The summed E-state index contributed by atoms with van der Waals surface area (Å²) in [6.07, 6.45) is 3.76. The van der Waals surface area contributed by atoms with Crippen LogP contribution >= 0.6 is 11.8 Å². The number of fused-ring (bicyclic) bond motifs is 2. The van der Waals surface area contributed by atoms with Crippen molar-refractivity contribution in [3.63, 3.8) is 0 Å². The molecule has 2 aromatic rings. The number of allylic oxidation sites excluding steroid dienone is 2. The van der Waals surface area contributed by atoms with Crippen LogP contribution in [0.1, 0.15) is 54.4 Å². The van der Waals surface area contributed by atoms with Crippen LogP contribution in [0, 0.1) is 0 Å². The Morgan fingerprint density at radius 3 is 2.61 bits per heavy atom. The van der Waals surface area contributed by atoms with Crippen LogP contribution in [-0.2, 0) is 12.6 Å². The zero-order valence-corrected chi connectivity index (χ0v) is 19.5. The van der Waals surface area contributed by atoms with E-state index in [0.29, 0.717) is 18.7 Å². The molecule has 0 atom stereocenters. The molecule has 0 bridgehead atoms. The number of anilines is 1. The summed E-state index contributed by atoms with van der Waals surface area (Å²) in [5, 5.41) is 3.49. The zero-order valence-electron chi connectivity index (χ0n) is 18.7. The zero-order chi connectivity index (χ0) is 23.0. The second-order valence-corrected chi connectivity index (χ2v) is 10.4. The Labute approximate surface area is 197 Å². The Morgan fingerprint density at radius 2 is 1.91 bits per heavy atom. The first-order valence-corrected chi connectivity index (χ1v) is 12.7. The van der Waals surface area contributed by atoms with Gasteiger partial charge in [-0.25, -0.2) is 0 Å². The van der Waals surface area contributed by atoms with Crippen LogP contribution in [0.15, 0.2) is 46.2 Å². The molecule has 3 N–H and O–H groups in total. The van der Waals surface area contributed by atoms with Crippen LogP contribution in [0.3, 0.4) is 0 Å². The fraction of sp³-hybridized carbons (Fsp3) is 0.462. The summed E-state index contributed by atoms with van der Waals surface area (Å²) in [5.41, 5.74) is 10.5. The van der Waals surface area contributed by atoms with Crippen LogP contribution in [0.5, 0.6) is 0 Å². The van der Waals surface area contributed by atoms with Crippen molar-refractivity contribution in [3.05, 3.63) is 58.7 Å². The number of halogens is 3. The average molecular weight is 474 g/mol. The Morgan fingerprint density at radius 1 is 1.09 bits per heavy atom. The highest BCUT2D eigenvalue weighted by Crippen LogP contribution is 2.46. The highest BCUT2D eigenvalue weighted by molar-refractivity contribution is 7.99. The van der Waals surface area contributed by atoms with Crippen molar-refractivity contribution in [2.24, 2.45) is 5.73 Å². The van der Waals surface area contributed by atoms with E-state index in [1.54, 1.807) is 0 Å². The van der Waals surface area contributed by atoms with Gasteiger partial charge in [0.05, 0.1) is 5.56 Å². The molecule has 0 radical (unpaired) electrons. The molecule has 3 aliphatic rings. The van der Waals surface area contributed by atoms with E-state index in [-0.39, 0.29) is 6.04 Å². The fourth-order valence-electron chi connectivity index (χ4n) is 5.15. The minimum absolute atomic E-state index is 0.176. The van der Waals surface area contributed by atoms with E-state index >= 15 is 0 Å². The Balaban J connectivity index is 1.43. The molecule has 176 valence electrons. The van der Waals surface area contributed by atoms with E-state index < -0.39 is 11.7 Å². The maximum atomic E-state index is 13.8. The topological polar surface area (TPSA) is 41.3 Å². The van der Waals surface area contributed by atoms with Crippen LogP contribution < -0.4 is 11.1 Å². The lowest BCUT2D eigenvalue weighted by atomic mass is 9.96. The van der Waals surface area contributed by atoms with E-state index in [2.05, 4.69) is 34.5 Å². The molecular weight excluding hydrogens is 443 g/mol. The second-order valence-electron chi connectivity index (χ2n) is 9.27. The number of alkyl halides is 3. The van der Waals surface area contributed by atoms with Crippen molar-refractivity contribution < 1.29 is 13.2 Å². The van der Waals surface area contributed by atoms with Crippen molar-refractivity contribution >= 4 is 23.0 Å². The van der Waals surface area contributed by atoms with E-state index in [4.69, 9.17) is 5.73 Å². The number of likely N-dealkylation sites (tertiary alicyclic amines) is 1. The SMILES string of the molecule is NCCN1CCC(Nc2cc(C(F)(F)F)cc3c2Cc2ccc(C4=CCCC4)cc2S3)CC1. The van der Waals surface area contributed by atoms with Gasteiger partial charge in [0.2, 0.25) is 0 Å². The number of nitrogens with zero attached hydrogens (tertiary/aromatic N) is 1. The molecule has 1 fully saturated rings. The fourth-order valence-corrected chi connectivity index (χ4v) is 6.34. The standard InChI is InChI=1S/C26H30F3N3S/c27-26(28,29)20-15-23(31-21-7-10-32(11-8-21)12-9-30)22-13-19-6-5-18(17-3-1-2-4-17)14-24(19)33-25(22)16-20/h3,5-6,14-16,21,31H,1-2,4,7-13,30H2. The van der Waals surface area contributed by atoms with E-state index in [1.165, 1.54) is 47.0 Å². The number of piperidine rings is 1. The first-order chi connectivity index (χ1) is 15.9. The maximum absolute atomic E-state index is 13.8. The summed E-state index contributed by atoms with van der Waals surface area (Å²) in [5.74, 6) is 0. The van der Waals surface area contributed by atoms with Gasteiger partial charge in [-0.05, 0) is 72.6 Å². The van der Waals surface area contributed by atoms with Crippen LogP contribution in [0.2, 0.25) is 0 Å². The van der Waals surface area contributed by atoms with Gasteiger partial charge in [0, 0.05) is 54.1 Å². The maximum Gasteiger partial charge on any atom is 0.416 e. The van der Waals surface area contributed by atoms with Gasteiger partial charge in [-0.2, -0.15) is 13.2 Å². The summed E-state index contributed by atoms with van der Waals surface area (Å²) in [7, 11) is 0. The number of benzene rings is 2. The Bertz CT molecular complexity index is 1060. The largest absolute Gasteiger partial charge is 0.416 e. The highest BCUT2D eigenvalue weighted by Gasteiger charge is 2.34. The van der Waals surface area contributed by atoms with Gasteiger partial charge >= 0.3 is 6.18 Å². The molecule has 0 saturated carbocycles. The van der Waals surface area contributed by atoms with Crippen molar-refractivity contribution in [1.29, 1.82) is 0 Å². The third-order valence-corrected chi connectivity index (χ3v) is 8.18. The first kappa shape index (κ1) is 22.8. The molecule has 5 rings (SSSR count). The van der Waals surface area contributed by atoms with E-state index in [9.17, 15) is 13.2 Å². The van der Waals surface area contributed by atoms with Gasteiger partial charge in [-0.15, -0.1) is 0 Å². The minimum Gasteiger partial charge on any atom is -0.382 e. The molecule has 33 heavy (non-hydrogen) atoms. The lowest BCUT2D eigenvalue weighted by molar-refractivity contribution is -0.137. The van der Waals surface area contributed by atoms with Gasteiger partial charge < -0.3 is 16.0 Å². The lowest BCUT2D eigenvalue weighted by Gasteiger charge is -2.34. The molecular formula is C26H30F3N3S. The first-order valence-electron chi connectivity index (χ1n) is 11.8. The number of rotatable bonds is 5. The number of nitrogens with one attached hydrogen (secondary N) is 1. The van der Waals surface area contributed by atoms with Crippen LogP contribution in [0.25, 0.3) is 5.57 Å². The summed E-state index contributed by atoms with van der Waals surface area (Å²) in [6.45, 7) is 3.35. The highest BCUT2D eigenvalue weighted by atomic mass is 32.2. The minimum atomic E-state index is -4.37. The van der Waals surface area contributed by atoms with Crippen molar-refractivity contribution in [3.8, 4) is 0 Å². The normalized spacial score (nSPS) is 19.2. The summed E-state index contributed by atoms with van der Waals surface area (Å²) >= 11 is 1.48. The Kier molecular flexibility index (Phi) is 6.47. The quantitative estimate of drug-likeness (QED) is 0.465. The molecule has 0 unspecified atom stereocenters. The third-order valence-electron chi connectivity index (χ3n) is 6.99. The summed E-state index contributed by atoms with van der Waals surface area (Å²) in [6, 6.07) is 9.32. The molecule has 1 aliphatic carbocycles. The van der Waals surface area contributed by atoms with Gasteiger partial charge in [-0.3, -0.25) is 0 Å². The monoisotopic (exact) mass is 473 g/mol. The number of nitrogens with two attached hydrogens (primary N) is 1. The molecule has 3 nitrogen and oxygen atoms in total. The molecule has 2 aromatic carbocycles. The summed E-state index contributed by atoms with van der Waals surface area (Å²) < 4.78 is 41.3. The smallest absolute Gasteiger partial charge is 0.382 e. The molecule has 2 aliphatic heterocycles. The molecule has 0 spiro atoms. The van der Waals surface area contributed by atoms with Gasteiger partial charge in [0.15, 0.2) is 0 Å². The number of hydrogen-bond acceptors (Lipinski definition) is 4. The molecule has 2 heterocycles. The van der Waals surface area contributed by atoms with Gasteiger partial charge in [0.25, 0.3) is 0 Å². The molecule has 1 saturated heterocycles. The third kappa shape index (κ3) is 4.96. The van der Waals surface area contributed by atoms with E-state index in [1.807, 2.05) is 0 Å². The number of hydrogen-bond donors (Lipinski definition) is 2. The molecule has 7 heteroatoms. The van der Waals surface area contributed by atoms with Crippen molar-refractivity contribution in [2.75, 3.05) is 31.5 Å². The average Bonchev–Trinajstić information content (AvgIpc) is 3.33. The van der Waals surface area contributed by atoms with Crippen molar-refractivity contribution in [2.45, 2.75) is 60.5 Å². The van der Waals surface area contributed by atoms with Gasteiger partial charge in [-0.1, -0.05) is 30.0 Å². The predicted octanol–water partition coefficient (Wildman–Crippen LogP) is 6.16. The van der Waals surface area contributed by atoms with Crippen molar-refractivity contribution in [1.82, 2.24) is 4.90 Å².